The topological polar surface area (TPSA) is 26.0 Å². The monoisotopic (exact) mass is 181 g/mol. The second kappa shape index (κ2) is 4.58. The third-order valence-electron chi connectivity index (χ3n) is 1.45. The fourth-order valence-electron chi connectivity index (χ4n) is 0.840. The molecule has 1 aromatic carbocycles. The highest BCUT2D eigenvalue weighted by Crippen LogP contribution is 2.09. The molecule has 13 heavy (non-hydrogen) atoms. The van der Waals surface area contributed by atoms with Crippen LogP contribution in [-0.4, -0.2) is 6.54 Å². The van der Waals surface area contributed by atoms with Gasteiger partial charge in [-0.25, -0.2) is 8.78 Å². The minimum Gasteiger partial charge on any atom is -0.330 e. The van der Waals surface area contributed by atoms with Crippen molar-refractivity contribution in [3.05, 3.63) is 35.4 Å². The molecule has 68 valence electrons. The van der Waals surface area contributed by atoms with Crippen LogP contribution in [0.4, 0.5) is 8.78 Å². The first kappa shape index (κ1) is 9.69. The van der Waals surface area contributed by atoms with Crippen LogP contribution in [0.15, 0.2) is 18.2 Å². The Kier molecular flexibility index (Phi) is 3.41. The van der Waals surface area contributed by atoms with Crippen LogP contribution < -0.4 is 5.73 Å². The maximum atomic E-state index is 12.9. The zero-order valence-electron chi connectivity index (χ0n) is 6.98. The number of hydrogen-bond donors (Lipinski definition) is 1. The zero-order valence-corrected chi connectivity index (χ0v) is 6.98. The summed E-state index contributed by atoms with van der Waals surface area (Å²) in [7, 11) is 0. The summed E-state index contributed by atoms with van der Waals surface area (Å²) >= 11 is 0. The van der Waals surface area contributed by atoms with E-state index in [0.717, 1.165) is 0 Å². The molecular formula is C10H9F2N. The summed E-state index contributed by atoms with van der Waals surface area (Å²) in [5, 5.41) is 0. The summed E-state index contributed by atoms with van der Waals surface area (Å²) in [6.07, 6.45) is 0.438. The lowest BCUT2D eigenvalue weighted by Gasteiger charge is -1.94. The average Bonchev–Trinajstić information content (AvgIpc) is 2.10. The molecule has 0 radical (unpaired) electrons. The van der Waals surface area contributed by atoms with Gasteiger partial charge in [0.05, 0.1) is 5.56 Å². The van der Waals surface area contributed by atoms with Gasteiger partial charge < -0.3 is 5.73 Å². The van der Waals surface area contributed by atoms with Crippen LogP contribution in [0.5, 0.6) is 0 Å². The van der Waals surface area contributed by atoms with Crippen LogP contribution in [0.25, 0.3) is 0 Å². The third-order valence-corrected chi connectivity index (χ3v) is 1.45. The highest BCUT2D eigenvalue weighted by Gasteiger charge is 2.03. The SMILES string of the molecule is NCCC#Cc1c(F)cccc1F. The van der Waals surface area contributed by atoms with Crippen molar-refractivity contribution in [2.24, 2.45) is 5.73 Å². The molecule has 0 aliphatic rings. The number of benzene rings is 1. The molecular weight excluding hydrogens is 172 g/mol. The van der Waals surface area contributed by atoms with E-state index in [1.54, 1.807) is 0 Å². The maximum Gasteiger partial charge on any atom is 0.141 e. The van der Waals surface area contributed by atoms with E-state index >= 15 is 0 Å². The van der Waals surface area contributed by atoms with Crippen molar-refractivity contribution >= 4 is 0 Å². The van der Waals surface area contributed by atoms with Crippen molar-refractivity contribution < 1.29 is 8.78 Å². The first-order valence-electron chi connectivity index (χ1n) is 3.88. The lowest BCUT2D eigenvalue weighted by molar-refractivity contribution is 0.577. The van der Waals surface area contributed by atoms with E-state index in [1.807, 2.05) is 0 Å². The van der Waals surface area contributed by atoms with Crippen LogP contribution in [0.1, 0.15) is 12.0 Å². The summed E-state index contributed by atoms with van der Waals surface area (Å²) in [4.78, 5) is 0. The Bertz CT molecular complexity index is 329. The largest absolute Gasteiger partial charge is 0.330 e. The van der Waals surface area contributed by atoms with Crippen LogP contribution in [0.3, 0.4) is 0 Å². The zero-order chi connectivity index (χ0) is 9.68. The van der Waals surface area contributed by atoms with E-state index in [-0.39, 0.29) is 5.56 Å². The molecule has 1 nitrogen and oxygen atoms in total. The molecule has 3 heteroatoms. The van der Waals surface area contributed by atoms with E-state index in [9.17, 15) is 8.78 Å². The molecule has 0 fully saturated rings. The standard InChI is InChI=1S/C10H9F2N/c11-9-5-3-6-10(12)8(9)4-1-2-7-13/h3,5-6H,2,7,13H2. The van der Waals surface area contributed by atoms with Gasteiger partial charge in [0.2, 0.25) is 0 Å². The van der Waals surface area contributed by atoms with Crippen molar-refractivity contribution in [2.75, 3.05) is 6.54 Å². The van der Waals surface area contributed by atoms with Crippen LogP contribution in [0.2, 0.25) is 0 Å². The Balaban J connectivity index is 2.95. The average molecular weight is 181 g/mol. The van der Waals surface area contributed by atoms with Gasteiger partial charge in [0.25, 0.3) is 0 Å². The van der Waals surface area contributed by atoms with Crippen molar-refractivity contribution in [2.45, 2.75) is 6.42 Å². The Labute approximate surface area is 75.6 Å². The Morgan fingerprint density at radius 2 is 1.85 bits per heavy atom. The van der Waals surface area contributed by atoms with Gasteiger partial charge in [-0.1, -0.05) is 17.9 Å². The molecule has 0 aromatic heterocycles. The number of nitrogens with two attached hydrogens (primary N) is 1. The van der Waals surface area contributed by atoms with E-state index in [0.29, 0.717) is 13.0 Å². The molecule has 1 aromatic rings. The number of halogens is 2. The minimum absolute atomic E-state index is 0.184. The second-order valence-electron chi connectivity index (χ2n) is 2.44. The first-order chi connectivity index (χ1) is 6.25. The lowest BCUT2D eigenvalue weighted by Crippen LogP contribution is -1.96. The Morgan fingerprint density at radius 1 is 1.23 bits per heavy atom. The predicted octanol–water partition coefficient (Wildman–Crippen LogP) is 1.67. The van der Waals surface area contributed by atoms with Crippen molar-refractivity contribution in [3.63, 3.8) is 0 Å². The fourth-order valence-corrected chi connectivity index (χ4v) is 0.840. The molecule has 0 spiro atoms. The van der Waals surface area contributed by atoms with Gasteiger partial charge in [-0.2, -0.15) is 0 Å². The molecule has 0 saturated carbocycles. The quantitative estimate of drug-likeness (QED) is 0.655. The predicted molar refractivity (Wildman–Crippen MR) is 46.9 cm³/mol. The van der Waals surface area contributed by atoms with Crippen LogP contribution in [0, 0.1) is 23.5 Å². The minimum atomic E-state index is -0.635. The highest BCUT2D eigenvalue weighted by atomic mass is 19.1. The van der Waals surface area contributed by atoms with E-state index in [2.05, 4.69) is 11.8 Å². The van der Waals surface area contributed by atoms with Gasteiger partial charge in [-0.15, -0.1) is 0 Å². The lowest BCUT2D eigenvalue weighted by atomic mass is 10.2. The Morgan fingerprint density at radius 3 is 2.38 bits per heavy atom. The molecule has 2 N–H and O–H groups in total. The summed E-state index contributed by atoms with van der Waals surface area (Å²) in [5.74, 6) is 3.71. The van der Waals surface area contributed by atoms with Crippen molar-refractivity contribution in [1.82, 2.24) is 0 Å². The third kappa shape index (κ3) is 2.53. The molecule has 0 heterocycles. The number of rotatable bonds is 1. The highest BCUT2D eigenvalue weighted by molar-refractivity contribution is 5.36. The molecule has 0 bridgehead atoms. The van der Waals surface area contributed by atoms with E-state index in [1.165, 1.54) is 18.2 Å². The normalized spacial score (nSPS) is 9.15. The van der Waals surface area contributed by atoms with Gasteiger partial charge in [-0.3, -0.25) is 0 Å². The molecule has 0 saturated heterocycles. The smallest absolute Gasteiger partial charge is 0.141 e. The fraction of sp³-hybridized carbons (Fsp3) is 0.200. The van der Waals surface area contributed by atoms with Gasteiger partial charge in [-0.05, 0) is 12.1 Å². The van der Waals surface area contributed by atoms with Gasteiger partial charge in [0, 0.05) is 13.0 Å². The van der Waals surface area contributed by atoms with Gasteiger partial charge in [0.15, 0.2) is 0 Å². The molecule has 0 aliphatic carbocycles. The van der Waals surface area contributed by atoms with E-state index in [4.69, 9.17) is 5.73 Å². The summed E-state index contributed by atoms with van der Waals surface area (Å²) in [6.45, 7) is 0.392. The van der Waals surface area contributed by atoms with Crippen molar-refractivity contribution in [3.8, 4) is 11.8 Å². The second-order valence-corrected chi connectivity index (χ2v) is 2.44. The van der Waals surface area contributed by atoms with Crippen molar-refractivity contribution in [1.29, 1.82) is 0 Å². The molecule has 0 amide bonds. The first-order valence-corrected chi connectivity index (χ1v) is 3.88. The Hall–Kier alpha value is -1.40. The molecule has 0 aliphatic heterocycles. The summed E-state index contributed by atoms with van der Waals surface area (Å²) in [5.41, 5.74) is 4.99. The van der Waals surface area contributed by atoms with Gasteiger partial charge in [0.1, 0.15) is 11.6 Å². The molecule has 1 rings (SSSR count). The summed E-state index contributed by atoms with van der Waals surface area (Å²) in [6, 6.07) is 3.66. The molecule has 0 unspecified atom stereocenters. The van der Waals surface area contributed by atoms with Gasteiger partial charge >= 0.3 is 0 Å². The summed E-state index contributed by atoms with van der Waals surface area (Å²) < 4.78 is 25.8. The van der Waals surface area contributed by atoms with E-state index < -0.39 is 11.6 Å². The van der Waals surface area contributed by atoms with Crippen LogP contribution >= 0.6 is 0 Å². The number of hydrogen-bond acceptors (Lipinski definition) is 1. The maximum absolute atomic E-state index is 12.9. The molecule has 0 atom stereocenters. The van der Waals surface area contributed by atoms with Crippen LogP contribution in [-0.2, 0) is 0 Å².